The van der Waals surface area contributed by atoms with E-state index < -0.39 is 23.5 Å². The van der Waals surface area contributed by atoms with Crippen LogP contribution in [0, 0.1) is 0 Å². The van der Waals surface area contributed by atoms with E-state index in [2.05, 4.69) is 5.16 Å². The van der Waals surface area contributed by atoms with Crippen LogP contribution in [-0.2, 0) is 18.9 Å². The van der Waals surface area contributed by atoms with Crippen molar-refractivity contribution in [2.24, 2.45) is 5.73 Å². The molecule has 0 saturated heterocycles. The first-order valence-corrected chi connectivity index (χ1v) is 5.57. The standard InChI is InChI=1S/C12H8F6N2O/c13-11(14,15)7-1-6(2-8(3-7)12(16,17)18)10-4-9(5-19)20-21-10/h1-4H,5,19H2. The van der Waals surface area contributed by atoms with Crippen molar-refractivity contribution >= 4 is 0 Å². The van der Waals surface area contributed by atoms with Gasteiger partial charge in [-0.05, 0) is 18.2 Å². The Balaban J connectivity index is 2.60. The Kier molecular flexibility index (Phi) is 3.70. The highest BCUT2D eigenvalue weighted by Gasteiger charge is 2.37. The van der Waals surface area contributed by atoms with Crippen LogP contribution in [0.2, 0.25) is 0 Å². The third-order valence-corrected chi connectivity index (χ3v) is 2.64. The van der Waals surface area contributed by atoms with Gasteiger partial charge in [0.2, 0.25) is 0 Å². The highest BCUT2D eigenvalue weighted by molar-refractivity contribution is 5.60. The third kappa shape index (κ3) is 3.35. The number of aromatic nitrogens is 1. The third-order valence-electron chi connectivity index (χ3n) is 2.64. The number of hydrogen-bond donors (Lipinski definition) is 1. The van der Waals surface area contributed by atoms with Crippen molar-refractivity contribution in [1.29, 1.82) is 0 Å². The van der Waals surface area contributed by atoms with Gasteiger partial charge in [0.1, 0.15) is 0 Å². The van der Waals surface area contributed by atoms with Gasteiger partial charge in [0.15, 0.2) is 5.76 Å². The molecule has 0 saturated carbocycles. The van der Waals surface area contributed by atoms with Crippen molar-refractivity contribution in [3.05, 3.63) is 41.1 Å². The summed E-state index contributed by atoms with van der Waals surface area (Å²) in [4.78, 5) is 0. The molecule has 0 fully saturated rings. The van der Waals surface area contributed by atoms with Gasteiger partial charge in [0.05, 0.1) is 16.8 Å². The fourth-order valence-corrected chi connectivity index (χ4v) is 1.64. The molecule has 0 aliphatic carbocycles. The van der Waals surface area contributed by atoms with Gasteiger partial charge in [-0.3, -0.25) is 0 Å². The van der Waals surface area contributed by atoms with Crippen LogP contribution in [0.1, 0.15) is 16.8 Å². The minimum Gasteiger partial charge on any atom is -0.356 e. The lowest BCUT2D eigenvalue weighted by Crippen LogP contribution is -2.11. The van der Waals surface area contributed by atoms with Crippen molar-refractivity contribution in [3.8, 4) is 11.3 Å². The minimum absolute atomic E-state index is 0.0453. The van der Waals surface area contributed by atoms with Crippen LogP contribution < -0.4 is 5.73 Å². The largest absolute Gasteiger partial charge is 0.416 e. The SMILES string of the molecule is NCc1cc(-c2cc(C(F)(F)F)cc(C(F)(F)F)c2)on1. The summed E-state index contributed by atoms with van der Waals surface area (Å²) in [6.07, 6.45) is -9.82. The van der Waals surface area contributed by atoms with Gasteiger partial charge in [-0.25, -0.2) is 0 Å². The zero-order chi connectivity index (χ0) is 15.8. The van der Waals surface area contributed by atoms with Gasteiger partial charge >= 0.3 is 12.4 Å². The Hall–Kier alpha value is -2.03. The summed E-state index contributed by atoms with van der Waals surface area (Å²) in [5.41, 5.74) is 2.27. The molecule has 0 unspecified atom stereocenters. The summed E-state index contributed by atoms with van der Waals surface area (Å²) in [7, 11) is 0. The second kappa shape index (κ2) is 5.06. The monoisotopic (exact) mass is 310 g/mol. The molecule has 0 aliphatic heterocycles. The first-order chi connectivity index (χ1) is 9.61. The summed E-state index contributed by atoms with van der Waals surface area (Å²) in [6, 6.07) is 2.37. The average Bonchev–Trinajstić information content (AvgIpc) is 2.85. The maximum Gasteiger partial charge on any atom is 0.416 e. The molecule has 2 aromatic rings. The van der Waals surface area contributed by atoms with Gasteiger partial charge in [0, 0.05) is 18.2 Å². The van der Waals surface area contributed by atoms with Crippen LogP contribution in [0.5, 0.6) is 0 Å². The van der Waals surface area contributed by atoms with Crippen LogP contribution in [0.3, 0.4) is 0 Å². The Morgan fingerprint density at radius 1 is 0.905 bits per heavy atom. The van der Waals surface area contributed by atoms with Crippen molar-refractivity contribution < 1.29 is 30.9 Å². The molecule has 9 heteroatoms. The van der Waals surface area contributed by atoms with Gasteiger partial charge in [-0.2, -0.15) is 26.3 Å². The van der Waals surface area contributed by atoms with E-state index in [1.165, 1.54) is 6.07 Å². The Morgan fingerprint density at radius 2 is 1.43 bits per heavy atom. The number of benzene rings is 1. The molecule has 0 radical (unpaired) electrons. The molecule has 0 bridgehead atoms. The van der Waals surface area contributed by atoms with E-state index in [4.69, 9.17) is 10.3 Å². The smallest absolute Gasteiger partial charge is 0.356 e. The molecule has 3 nitrogen and oxygen atoms in total. The van der Waals surface area contributed by atoms with Gasteiger partial charge in [0.25, 0.3) is 0 Å². The van der Waals surface area contributed by atoms with E-state index in [0.29, 0.717) is 12.1 Å². The second-order valence-corrected chi connectivity index (χ2v) is 4.18. The number of nitrogens with zero attached hydrogens (tertiary/aromatic N) is 1. The lowest BCUT2D eigenvalue weighted by atomic mass is 10.0. The second-order valence-electron chi connectivity index (χ2n) is 4.18. The van der Waals surface area contributed by atoms with E-state index in [-0.39, 0.29) is 29.6 Å². The van der Waals surface area contributed by atoms with Crippen molar-refractivity contribution in [2.75, 3.05) is 0 Å². The summed E-state index contributed by atoms with van der Waals surface area (Å²) >= 11 is 0. The molecule has 114 valence electrons. The number of halogens is 6. The average molecular weight is 310 g/mol. The highest BCUT2D eigenvalue weighted by atomic mass is 19.4. The van der Waals surface area contributed by atoms with E-state index >= 15 is 0 Å². The van der Waals surface area contributed by atoms with E-state index in [1.807, 2.05) is 0 Å². The molecule has 0 spiro atoms. The number of rotatable bonds is 2. The fraction of sp³-hybridized carbons (Fsp3) is 0.250. The number of nitrogens with two attached hydrogens (primary N) is 1. The first-order valence-electron chi connectivity index (χ1n) is 5.57. The van der Waals surface area contributed by atoms with E-state index in [0.717, 1.165) is 0 Å². The molecular weight excluding hydrogens is 302 g/mol. The maximum absolute atomic E-state index is 12.7. The maximum atomic E-state index is 12.7. The molecule has 2 rings (SSSR count). The van der Waals surface area contributed by atoms with Crippen molar-refractivity contribution in [1.82, 2.24) is 5.16 Å². The van der Waals surface area contributed by atoms with Gasteiger partial charge < -0.3 is 10.3 Å². The molecule has 21 heavy (non-hydrogen) atoms. The summed E-state index contributed by atoms with van der Waals surface area (Å²) in [6.45, 7) is -0.0470. The Morgan fingerprint density at radius 3 is 1.81 bits per heavy atom. The van der Waals surface area contributed by atoms with E-state index in [9.17, 15) is 26.3 Å². The van der Waals surface area contributed by atoms with Crippen LogP contribution in [0.4, 0.5) is 26.3 Å². The number of hydrogen-bond acceptors (Lipinski definition) is 3. The molecule has 0 aliphatic rings. The molecule has 0 amide bonds. The van der Waals surface area contributed by atoms with Crippen LogP contribution in [0.25, 0.3) is 11.3 Å². The zero-order valence-corrected chi connectivity index (χ0v) is 10.2. The fourth-order valence-electron chi connectivity index (χ4n) is 1.64. The topological polar surface area (TPSA) is 52.0 Å². The Bertz CT molecular complexity index is 612. The van der Waals surface area contributed by atoms with Crippen LogP contribution >= 0.6 is 0 Å². The molecule has 2 N–H and O–H groups in total. The number of alkyl halides is 6. The molecule has 1 aromatic heterocycles. The molecule has 0 atom stereocenters. The minimum atomic E-state index is -4.91. The first kappa shape index (κ1) is 15.4. The highest BCUT2D eigenvalue weighted by Crippen LogP contribution is 2.38. The van der Waals surface area contributed by atoms with Crippen molar-refractivity contribution in [2.45, 2.75) is 18.9 Å². The molecule has 1 aromatic carbocycles. The summed E-state index contributed by atoms with van der Waals surface area (Å²) in [5.74, 6) is -0.216. The summed E-state index contributed by atoms with van der Waals surface area (Å²) in [5, 5.41) is 3.43. The molecule has 1 heterocycles. The normalized spacial score (nSPS) is 12.7. The van der Waals surface area contributed by atoms with Crippen molar-refractivity contribution in [3.63, 3.8) is 0 Å². The quantitative estimate of drug-likeness (QED) is 0.858. The Labute approximate surface area is 114 Å². The van der Waals surface area contributed by atoms with E-state index in [1.54, 1.807) is 0 Å². The van der Waals surface area contributed by atoms with Gasteiger partial charge in [-0.15, -0.1) is 0 Å². The predicted molar refractivity (Wildman–Crippen MR) is 59.8 cm³/mol. The predicted octanol–water partition coefficient (Wildman–Crippen LogP) is 3.84. The van der Waals surface area contributed by atoms with Gasteiger partial charge in [-0.1, -0.05) is 5.16 Å². The van der Waals surface area contributed by atoms with Crippen LogP contribution in [0.15, 0.2) is 28.8 Å². The zero-order valence-electron chi connectivity index (χ0n) is 10.2. The molecular formula is C12H8F6N2O. The lowest BCUT2D eigenvalue weighted by molar-refractivity contribution is -0.143. The lowest BCUT2D eigenvalue weighted by Gasteiger charge is -2.13. The summed E-state index contributed by atoms with van der Waals surface area (Å²) < 4.78 is 80.8. The van der Waals surface area contributed by atoms with Crippen LogP contribution in [-0.4, -0.2) is 5.16 Å².